The largest absolute Gasteiger partial charge is 0.456 e. The van der Waals surface area contributed by atoms with E-state index in [0.29, 0.717) is 19.3 Å². The number of carbonyl (C=O) groups is 14. The van der Waals surface area contributed by atoms with Gasteiger partial charge < -0.3 is 61.6 Å². The Balaban J connectivity index is -0.000000316. The third kappa shape index (κ3) is 69.3. The van der Waals surface area contributed by atoms with Crippen molar-refractivity contribution in [2.45, 2.75) is 426 Å². The Hall–Kier alpha value is -6.06. The molecule has 0 heterocycles. The van der Waals surface area contributed by atoms with Gasteiger partial charge in [-0.25, -0.2) is 28.8 Å². The number of carbonyl (C=O) groups excluding carboxylic acids is 14. The first-order valence-corrected chi connectivity index (χ1v) is 41.2. The number of hydrogen-bond acceptors (Lipinski definition) is 26. The number of esters is 6. The minimum Gasteiger partial charge on any atom is -0.456 e. The lowest BCUT2D eigenvalue weighted by atomic mass is 9.91. The van der Waals surface area contributed by atoms with Gasteiger partial charge >= 0.3 is 35.8 Å². The van der Waals surface area contributed by atoms with Crippen LogP contribution in [0.2, 0.25) is 0 Å². The van der Waals surface area contributed by atoms with Crippen molar-refractivity contribution < 1.29 is 124 Å². The van der Waals surface area contributed by atoms with Crippen LogP contribution in [0.5, 0.6) is 0 Å². The van der Waals surface area contributed by atoms with Gasteiger partial charge in [-0.2, -0.15) is 0 Å². The standard InChI is InChI=1S/C17H32O4.C16H28O5.C15H26O5.C15H28O4.2C14H26O4/c1-8-9-10-11-13(21-17(5,6)7)15(19)20-12-14(18)16(2,3)4;1-11(17)8-9-12(21-16(5,6)7)14(19)20-10-13(18)15(2,3)4;1-10(16)8-11(20-15(5,6)7)13(18)19-9-12(17)14(2,3)4;1-10(2)12(19-15(6,7)8)13(17)18-9-11(16)14(3,4)5;2*1-8-10(18-14(5,6)7)12(16)17-9-11(15)13(2,3)4/h13H,8-12H2,1-7H3;12H,8-10H2,1-7H3;11H,8-9H2,1-7H3;10,12H,9H2,1-8H3;2*10H,8-9H2,1-7H3. The molecule has 0 aliphatic rings. The number of unbranched alkanes of at least 4 members (excludes halogenated alkanes) is 2. The average Bonchev–Trinajstić information content (AvgIpc) is 0.880. The molecule has 117 heavy (non-hydrogen) atoms. The maximum atomic E-state index is 12.1. The van der Waals surface area contributed by atoms with Crippen molar-refractivity contribution >= 4 is 82.1 Å². The van der Waals surface area contributed by atoms with Gasteiger partial charge in [0.15, 0.2) is 111 Å². The van der Waals surface area contributed by atoms with E-state index < -0.39 is 139 Å². The Bertz CT molecular complexity index is 2990. The fourth-order valence-electron chi connectivity index (χ4n) is 8.03. The highest BCUT2D eigenvalue weighted by Crippen LogP contribution is 2.26. The smallest absolute Gasteiger partial charge is 0.336 e. The van der Waals surface area contributed by atoms with E-state index in [1.807, 2.05) is 152 Å². The summed E-state index contributed by atoms with van der Waals surface area (Å²) in [5, 5.41) is 0. The minimum absolute atomic E-state index is 0.00327. The Kier molecular flexibility index (Phi) is 55.8. The maximum absolute atomic E-state index is 12.1. The molecule has 26 heteroatoms. The SMILES string of the molecule is CC(=O)CC(OC(C)(C)C)C(=O)OCC(=O)C(C)(C)C.CC(=O)CCC(OC(C)(C)C)C(=O)OCC(=O)C(C)(C)C.CC(C)C(OC(C)(C)C)C(=O)OCC(=O)C(C)(C)C.CCC(OC(C)(C)C)C(=O)OCC(=O)C(C)(C)C.CCC(OC(C)(C)C)C(=O)OCC(=O)C(C)(C)C.CCCCCC(OC(C)(C)C)C(=O)OCC(=O)C(C)(C)C. The molecule has 6 unspecified atom stereocenters. The summed E-state index contributed by atoms with van der Waals surface area (Å²) in [6.07, 6.45) is 0.914. The summed E-state index contributed by atoms with van der Waals surface area (Å²) in [6.45, 7) is 76.8. The normalized spacial score (nSPS) is 14.0. The van der Waals surface area contributed by atoms with Crippen molar-refractivity contribution in [3.8, 4) is 0 Å². The van der Waals surface area contributed by atoms with E-state index in [2.05, 4.69) is 6.92 Å². The molecular formula is C91H166O26. The molecule has 0 saturated heterocycles. The number of hydrogen-bond donors (Lipinski definition) is 0. The summed E-state index contributed by atoms with van der Waals surface area (Å²) in [7, 11) is 0. The van der Waals surface area contributed by atoms with Crippen LogP contribution in [0.4, 0.5) is 0 Å². The molecule has 0 radical (unpaired) electrons. The van der Waals surface area contributed by atoms with Gasteiger partial charge in [0, 0.05) is 45.3 Å². The van der Waals surface area contributed by atoms with E-state index in [1.165, 1.54) is 13.8 Å². The van der Waals surface area contributed by atoms with E-state index in [1.54, 1.807) is 125 Å². The fraction of sp³-hybridized carbons (Fsp3) is 0.846. The zero-order chi connectivity index (χ0) is 94.2. The van der Waals surface area contributed by atoms with Crippen molar-refractivity contribution in [3.05, 3.63) is 0 Å². The Morgan fingerprint density at radius 2 is 0.453 bits per heavy atom. The first-order valence-electron chi connectivity index (χ1n) is 41.2. The molecule has 26 nitrogen and oxygen atoms in total. The highest BCUT2D eigenvalue weighted by atomic mass is 16.6. The number of rotatable bonds is 36. The highest BCUT2D eigenvalue weighted by molar-refractivity contribution is 5.91. The van der Waals surface area contributed by atoms with Crippen LogP contribution in [-0.2, 0) is 124 Å². The van der Waals surface area contributed by atoms with Crippen LogP contribution >= 0.6 is 0 Å². The van der Waals surface area contributed by atoms with Crippen molar-refractivity contribution in [1.29, 1.82) is 0 Å². The summed E-state index contributed by atoms with van der Waals surface area (Å²) in [6, 6.07) is 0. The van der Waals surface area contributed by atoms with Gasteiger partial charge in [0.2, 0.25) is 0 Å². The number of Topliss-reactive ketones (excluding diaryl/α,β-unsaturated/α-hetero) is 8. The lowest BCUT2D eigenvalue weighted by molar-refractivity contribution is -0.173. The lowest BCUT2D eigenvalue weighted by Gasteiger charge is -2.28. The Labute approximate surface area is 706 Å². The quantitative estimate of drug-likeness (QED) is 0.0319. The molecule has 0 bridgehead atoms. The van der Waals surface area contributed by atoms with Crippen molar-refractivity contribution in [1.82, 2.24) is 0 Å². The van der Waals surface area contributed by atoms with Gasteiger partial charge in [-0.05, 0) is 170 Å². The van der Waals surface area contributed by atoms with Crippen LogP contribution in [0, 0.1) is 38.4 Å². The van der Waals surface area contributed by atoms with Gasteiger partial charge in [-0.15, -0.1) is 0 Å². The lowest BCUT2D eigenvalue weighted by Crippen LogP contribution is -2.39. The van der Waals surface area contributed by atoms with Crippen molar-refractivity contribution in [3.63, 3.8) is 0 Å². The minimum atomic E-state index is -0.972. The third-order valence-corrected chi connectivity index (χ3v) is 15.2. The predicted molar refractivity (Wildman–Crippen MR) is 455 cm³/mol. The van der Waals surface area contributed by atoms with E-state index in [4.69, 9.17) is 56.8 Å². The third-order valence-electron chi connectivity index (χ3n) is 15.2. The molecule has 0 amide bonds. The first-order chi connectivity index (χ1) is 51.9. The zero-order valence-electron chi connectivity index (χ0n) is 81.3. The predicted octanol–water partition coefficient (Wildman–Crippen LogP) is 17.4. The van der Waals surface area contributed by atoms with E-state index in [0.717, 1.165) is 19.3 Å². The summed E-state index contributed by atoms with van der Waals surface area (Å²) >= 11 is 0. The van der Waals surface area contributed by atoms with E-state index in [9.17, 15) is 67.1 Å². The Morgan fingerprint density at radius 3 is 0.650 bits per heavy atom. The summed E-state index contributed by atoms with van der Waals surface area (Å²) in [5.41, 5.74) is -5.88. The number of ketones is 8. The van der Waals surface area contributed by atoms with Gasteiger partial charge in [-0.1, -0.05) is 179 Å². The summed E-state index contributed by atoms with van der Waals surface area (Å²) < 4.78 is 64.1. The second-order valence-electron chi connectivity index (χ2n) is 41.6. The maximum Gasteiger partial charge on any atom is 0.336 e. The van der Waals surface area contributed by atoms with Crippen molar-refractivity contribution in [2.75, 3.05) is 39.6 Å². The topological polar surface area (TPSA) is 350 Å². The molecule has 0 aromatic heterocycles. The monoisotopic (exact) mass is 1680 g/mol. The molecule has 0 N–H and O–H groups in total. The van der Waals surface area contributed by atoms with Gasteiger partial charge in [0.1, 0.15) is 11.6 Å². The molecule has 0 aliphatic heterocycles. The number of ether oxygens (including phenoxy) is 12. The van der Waals surface area contributed by atoms with Gasteiger partial charge in [0.25, 0.3) is 0 Å². The van der Waals surface area contributed by atoms with Gasteiger partial charge in [0.05, 0.1) is 33.6 Å². The summed E-state index contributed by atoms with van der Waals surface area (Å²) in [5.74, 6) is -4.00. The molecule has 0 aliphatic carbocycles. The van der Waals surface area contributed by atoms with E-state index >= 15 is 0 Å². The Morgan fingerprint density at radius 1 is 0.248 bits per heavy atom. The van der Waals surface area contributed by atoms with Crippen LogP contribution in [-0.4, -0.2) is 192 Å². The molecule has 6 atom stereocenters. The van der Waals surface area contributed by atoms with Crippen LogP contribution in [0.25, 0.3) is 0 Å². The van der Waals surface area contributed by atoms with E-state index in [-0.39, 0.29) is 111 Å². The average molecular weight is 1680 g/mol. The summed E-state index contributed by atoms with van der Waals surface area (Å²) in [4.78, 5) is 164. The molecule has 0 rings (SSSR count). The highest BCUT2D eigenvalue weighted by Gasteiger charge is 2.37. The zero-order valence-corrected chi connectivity index (χ0v) is 81.3. The molecule has 0 aromatic rings. The molecule has 0 spiro atoms. The first kappa shape index (κ1) is 122. The van der Waals surface area contributed by atoms with Crippen LogP contribution in [0.3, 0.4) is 0 Å². The fourth-order valence-corrected chi connectivity index (χ4v) is 8.03. The van der Waals surface area contributed by atoms with Crippen LogP contribution in [0.1, 0.15) is 356 Å². The molecule has 0 saturated carbocycles. The molecule has 0 fully saturated rings. The van der Waals surface area contributed by atoms with Crippen molar-refractivity contribution in [2.24, 2.45) is 38.4 Å². The molecule has 686 valence electrons. The molecular weight excluding hydrogens is 1510 g/mol. The van der Waals surface area contributed by atoms with Crippen LogP contribution < -0.4 is 0 Å². The van der Waals surface area contributed by atoms with Crippen LogP contribution in [0.15, 0.2) is 0 Å². The second kappa shape index (κ2) is 53.7. The second-order valence-corrected chi connectivity index (χ2v) is 41.6. The molecule has 0 aromatic carbocycles. The van der Waals surface area contributed by atoms with Gasteiger partial charge in [-0.3, -0.25) is 33.6 Å².